The largest absolute Gasteiger partial charge is 0.339 e. The van der Waals surface area contributed by atoms with Crippen LogP contribution < -0.4 is 4.72 Å². The van der Waals surface area contributed by atoms with E-state index in [0.717, 1.165) is 43.9 Å². The fourth-order valence-corrected chi connectivity index (χ4v) is 3.32. The summed E-state index contributed by atoms with van der Waals surface area (Å²) in [6.07, 6.45) is 4.38. The molecule has 0 bridgehead atoms. The summed E-state index contributed by atoms with van der Waals surface area (Å²) >= 11 is 0. The lowest BCUT2D eigenvalue weighted by molar-refractivity contribution is 0.246. The number of likely N-dealkylation sites (tertiary alicyclic amines) is 1. The van der Waals surface area contributed by atoms with Gasteiger partial charge in [0.1, 0.15) is 0 Å². The second kappa shape index (κ2) is 6.02. The molecule has 0 amide bonds. The Bertz CT molecular complexity index is 582. The zero-order valence-corrected chi connectivity index (χ0v) is 13.1. The predicted molar refractivity (Wildman–Crippen MR) is 77.3 cm³/mol. The van der Waals surface area contributed by atoms with E-state index < -0.39 is 10.0 Å². The van der Waals surface area contributed by atoms with Gasteiger partial charge in [0.2, 0.25) is 15.9 Å². The van der Waals surface area contributed by atoms with Gasteiger partial charge >= 0.3 is 0 Å². The smallest absolute Gasteiger partial charge is 0.229 e. The van der Waals surface area contributed by atoms with E-state index in [-0.39, 0.29) is 11.8 Å². The van der Waals surface area contributed by atoms with Crippen LogP contribution in [0.15, 0.2) is 4.52 Å². The first-order valence-corrected chi connectivity index (χ1v) is 9.29. The molecule has 7 nitrogen and oxygen atoms in total. The van der Waals surface area contributed by atoms with Crippen LogP contribution in [0.4, 0.5) is 0 Å². The summed E-state index contributed by atoms with van der Waals surface area (Å²) in [7, 11) is -3.12. The van der Waals surface area contributed by atoms with E-state index in [1.807, 2.05) is 0 Å². The number of nitrogens with zero attached hydrogens (tertiary/aromatic N) is 3. The molecule has 1 aliphatic carbocycles. The maximum absolute atomic E-state index is 11.4. The van der Waals surface area contributed by atoms with Gasteiger partial charge in [-0.15, -0.1) is 0 Å². The summed E-state index contributed by atoms with van der Waals surface area (Å²) in [6, 6.07) is 0.160. The lowest BCUT2D eigenvalue weighted by Gasteiger charge is -2.21. The summed E-state index contributed by atoms with van der Waals surface area (Å²) in [5.41, 5.74) is 0. The predicted octanol–water partition coefficient (Wildman–Crippen LogP) is 1.02. The van der Waals surface area contributed by atoms with Crippen LogP contribution in [-0.4, -0.2) is 48.8 Å². The molecular formula is C13H22N4O3S. The molecule has 1 aromatic rings. The van der Waals surface area contributed by atoms with E-state index in [2.05, 4.69) is 19.8 Å². The summed E-state index contributed by atoms with van der Waals surface area (Å²) in [5.74, 6) is 2.11. The molecule has 3 rings (SSSR count). The van der Waals surface area contributed by atoms with Gasteiger partial charge in [-0.3, -0.25) is 4.90 Å². The van der Waals surface area contributed by atoms with Crippen molar-refractivity contribution in [3.05, 3.63) is 11.7 Å². The molecule has 1 N–H and O–H groups in total. The number of sulfonamides is 1. The van der Waals surface area contributed by atoms with Gasteiger partial charge in [-0.2, -0.15) is 4.98 Å². The quantitative estimate of drug-likeness (QED) is 0.808. The molecule has 21 heavy (non-hydrogen) atoms. The minimum absolute atomic E-state index is 0.117. The van der Waals surface area contributed by atoms with Crippen molar-refractivity contribution >= 4 is 10.0 Å². The van der Waals surface area contributed by atoms with Crippen molar-refractivity contribution in [2.24, 2.45) is 0 Å². The Morgan fingerprint density at radius 2 is 2.19 bits per heavy atom. The molecule has 2 heterocycles. The highest BCUT2D eigenvalue weighted by Crippen LogP contribution is 2.40. The van der Waals surface area contributed by atoms with Crippen molar-refractivity contribution in [3.8, 4) is 0 Å². The van der Waals surface area contributed by atoms with Crippen LogP contribution in [0.5, 0.6) is 0 Å². The molecule has 1 aromatic heterocycles. The van der Waals surface area contributed by atoms with E-state index in [0.29, 0.717) is 19.0 Å². The molecule has 0 radical (unpaired) electrons. The number of hydrogen-bond acceptors (Lipinski definition) is 6. The normalized spacial score (nSPS) is 23.8. The maximum atomic E-state index is 11.4. The highest BCUT2D eigenvalue weighted by Gasteiger charge is 2.34. The van der Waals surface area contributed by atoms with Gasteiger partial charge in [-0.05, 0) is 39.2 Å². The van der Waals surface area contributed by atoms with Crippen molar-refractivity contribution in [3.63, 3.8) is 0 Å². The summed E-state index contributed by atoms with van der Waals surface area (Å²) in [4.78, 5) is 6.76. The summed E-state index contributed by atoms with van der Waals surface area (Å²) < 4.78 is 30.8. The van der Waals surface area contributed by atoms with E-state index in [4.69, 9.17) is 4.52 Å². The first-order chi connectivity index (χ1) is 10.1. The van der Waals surface area contributed by atoms with Gasteiger partial charge in [0.25, 0.3) is 0 Å². The number of aromatic nitrogens is 2. The maximum Gasteiger partial charge on any atom is 0.229 e. The Hall–Kier alpha value is -0.990. The van der Waals surface area contributed by atoms with Crippen LogP contribution in [-0.2, 0) is 10.0 Å². The first kappa shape index (κ1) is 14.9. The van der Waals surface area contributed by atoms with Gasteiger partial charge in [0, 0.05) is 19.0 Å². The molecule has 1 saturated carbocycles. The second-order valence-corrected chi connectivity index (χ2v) is 7.85. The molecule has 118 valence electrons. The first-order valence-electron chi connectivity index (χ1n) is 7.64. The topological polar surface area (TPSA) is 88.3 Å². The second-order valence-electron chi connectivity index (χ2n) is 5.76. The van der Waals surface area contributed by atoms with Crippen LogP contribution in [0.3, 0.4) is 0 Å². The van der Waals surface area contributed by atoms with E-state index in [1.165, 1.54) is 0 Å². The Morgan fingerprint density at radius 3 is 2.90 bits per heavy atom. The standard InChI is InChI=1S/C13H22N4O3S/c1-2-21(18,19)14-7-9-17-8-3-4-11(17)12-15-13(20-16-12)10-5-6-10/h10-11,14H,2-9H2,1H3/t11-/m1/s1. The van der Waals surface area contributed by atoms with Crippen LogP contribution in [0.1, 0.15) is 56.3 Å². The van der Waals surface area contributed by atoms with Crippen molar-refractivity contribution < 1.29 is 12.9 Å². The van der Waals surface area contributed by atoms with Gasteiger partial charge in [0.05, 0.1) is 11.8 Å². The fraction of sp³-hybridized carbons (Fsp3) is 0.846. The van der Waals surface area contributed by atoms with Crippen LogP contribution in [0.25, 0.3) is 0 Å². The van der Waals surface area contributed by atoms with E-state index in [1.54, 1.807) is 6.92 Å². The van der Waals surface area contributed by atoms with E-state index >= 15 is 0 Å². The summed E-state index contributed by atoms with van der Waals surface area (Å²) in [6.45, 7) is 3.70. The highest BCUT2D eigenvalue weighted by atomic mass is 32.2. The van der Waals surface area contributed by atoms with E-state index in [9.17, 15) is 8.42 Å². The average molecular weight is 314 g/mol. The zero-order valence-electron chi connectivity index (χ0n) is 12.3. The SMILES string of the molecule is CCS(=O)(=O)NCCN1CCC[C@@H]1c1noc(C2CC2)n1. The van der Waals surface area contributed by atoms with Gasteiger partial charge < -0.3 is 4.52 Å². The van der Waals surface area contributed by atoms with Crippen molar-refractivity contribution in [1.82, 2.24) is 19.8 Å². The highest BCUT2D eigenvalue weighted by molar-refractivity contribution is 7.89. The third kappa shape index (κ3) is 3.61. The van der Waals surface area contributed by atoms with Crippen molar-refractivity contribution in [2.75, 3.05) is 25.4 Å². The molecule has 0 aromatic carbocycles. The van der Waals surface area contributed by atoms with Crippen LogP contribution in [0, 0.1) is 0 Å². The number of nitrogens with one attached hydrogen (secondary N) is 1. The third-order valence-corrected chi connectivity index (χ3v) is 5.55. The van der Waals surface area contributed by atoms with Gasteiger partial charge in [-0.25, -0.2) is 13.1 Å². The third-order valence-electron chi connectivity index (χ3n) is 4.15. The molecule has 0 spiro atoms. The minimum Gasteiger partial charge on any atom is -0.339 e. The number of hydrogen-bond donors (Lipinski definition) is 1. The van der Waals surface area contributed by atoms with Crippen LogP contribution >= 0.6 is 0 Å². The Balaban J connectivity index is 1.57. The molecule has 1 atom stereocenters. The molecule has 0 unspecified atom stereocenters. The van der Waals surface area contributed by atoms with Gasteiger partial charge in [-0.1, -0.05) is 5.16 Å². The Kier molecular flexibility index (Phi) is 4.28. The molecular weight excluding hydrogens is 292 g/mol. The summed E-state index contributed by atoms with van der Waals surface area (Å²) in [5, 5.41) is 4.12. The lowest BCUT2D eigenvalue weighted by atomic mass is 10.2. The molecule has 2 fully saturated rings. The Morgan fingerprint density at radius 1 is 1.38 bits per heavy atom. The molecule has 8 heteroatoms. The monoisotopic (exact) mass is 314 g/mol. The Labute approximate surface area is 125 Å². The lowest BCUT2D eigenvalue weighted by Crippen LogP contribution is -2.35. The molecule has 2 aliphatic rings. The average Bonchev–Trinajstić information content (AvgIpc) is 3.01. The van der Waals surface area contributed by atoms with Gasteiger partial charge in [0.15, 0.2) is 5.82 Å². The fourth-order valence-electron chi connectivity index (χ4n) is 2.71. The van der Waals surface area contributed by atoms with Crippen molar-refractivity contribution in [2.45, 2.75) is 44.6 Å². The molecule has 1 saturated heterocycles. The van der Waals surface area contributed by atoms with Crippen LogP contribution in [0.2, 0.25) is 0 Å². The van der Waals surface area contributed by atoms with Crippen molar-refractivity contribution in [1.29, 1.82) is 0 Å². The zero-order chi connectivity index (χ0) is 14.9. The molecule has 1 aliphatic heterocycles. The number of rotatable bonds is 7. The minimum atomic E-state index is -3.12.